The molecule has 0 radical (unpaired) electrons. The van der Waals surface area contributed by atoms with Crippen LogP contribution in [0.3, 0.4) is 0 Å². The van der Waals surface area contributed by atoms with E-state index in [0.717, 1.165) is 23.3 Å². The number of aryl methyl sites for hydroxylation is 1. The van der Waals surface area contributed by atoms with Crippen LogP contribution in [0.4, 0.5) is 4.79 Å². The maximum atomic E-state index is 12.3. The maximum absolute atomic E-state index is 12.3. The van der Waals surface area contributed by atoms with Crippen LogP contribution in [-0.4, -0.2) is 34.6 Å². The van der Waals surface area contributed by atoms with Gasteiger partial charge in [0.2, 0.25) is 0 Å². The average Bonchev–Trinajstić information content (AvgIpc) is 2.89. The smallest absolute Gasteiger partial charge is 0.326 e. The van der Waals surface area contributed by atoms with Crippen molar-refractivity contribution in [2.75, 3.05) is 6.54 Å². The highest BCUT2D eigenvalue weighted by Crippen LogP contribution is 2.25. The van der Waals surface area contributed by atoms with Crippen molar-refractivity contribution in [2.45, 2.75) is 45.7 Å². The number of urea groups is 1. The number of piperidine rings is 1. The molecule has 5 nitrogen and oxygen atoms in total. The number of hydrogen-bond acceptors (Lipinski definition) is 3. The van der Waals surface area contributed by atoms with Crippen LogP contribution in [0.1, 0.15) is 36.6 Å². The van der Waals surface area contributed by atoms with Gasteiger partial charge in [0.05, 0.1) is 6.54 Å². The van der Waals surface area contributed by atoms with Gasteiger partial charge in [-0.1, -0.05) is 13.3 Å². The van der Waals surface area contributed by atoms with Gasteiger partial charge in [-0.2, -0.15) is 0 Å². The summed E-state index contributed by atoms with van der Waals surface area (Å²) in [4.78, 5) is 26.2. The number of nitrogens with zero attached hydrogens (tertiary/aromatic N) is 1. The van der Waals surface area contributed by atoms with Gasteiger partial charge in [-0.15, -0.1) is 11.3 Å². The third-order valence-corrected chi connectivity index (χ3v) is 5.23. The molecule has 0 aliphatic carbocycles. The lowest BCUT2D eigenvalue weighted by atomic mass is 9.89. The van der Waals surface area contributed by atoms with E-state index >= 15 is 0 Å². The van der Waals surface area contributed by atoms with Crippen LogP contribution >= 0.6 is 11.3 Å². The molecule has 6 heteroatoms. The lowest BCUT2D eigenvalue weighted by Crippen LogP contribution is -2.53. The quantitative estimate of drug-likeness (QED) is 0.898. The molecule has 2 unspecified atom stereocenters. The summed E-state index contributed by atoms with van der Waals surface area (Å²) in [5, 5.41) is 14.2. The molecule has 2 rings (SSSR count). The zero-order chi connectivity index (χ0) is 15.4. The molecule has 2 atom stereocenters. The summed E-state index contributed by atoms with van der Waals surface area (Å²) in [6.45, 7) is 5.05. The Hall–Kier alpha value is -1.56. The van der Waals surface area contributed by atoms with E-state index in [4.69, 9.17) is 0 Å². The number of thiophene rings is 1. The molecule has 2 heterocycles. The highest BCUT2D eigenvalue weighted by Gasteiger charge is 2.35. The number of carboxylic acids is 1. The Morgan fingerprint density at radius 3 is 2.86 bits per heavy atom. The van der Waals surface area contributed by atoms with E-state index in [1.165, 1.54) is 4.90 Å². The molecule has 1 aromatic rings. The summed E-state index contributed by atoms with van der Waals surface area (Å²) < 4.78 is 0. The topological polar surface area (TPSA) is 69.6 Å². The van der Waals surface area contributed by atoms with Gasteiger partial charge >= 0.3 is 12.0 Å². The van der Waals surface area contributed by atoms with Crippen molar-refractivity contribution in [3.8, 4) is 0 Å². The lowest BCUT2D eigenvalue weighted by molar-refractivity contribution is -0.144. The minimum Gasteiger partial charge on any atom is -0.480 e. The van der Waals surface area contributed by atoms with Crippen LogP contribution in [0.5, 0.6) is 0 Å². The van der Waals surface area contributed by atoms with E-state index in [-0.39, 0.29) is 6.03 Å². The molecular weight excluding hydrogens is 288 g/mol. The van der Waals surface area contributed by atoms with Crippen LogP contribution < -0.4 is 5.32 Å². The minimum atomic E-state index is -0.907. The molecule has 1 aliphatic rings. The Labute approximate surface area is 129 Å². The molecule has 0 aromatic carbocycles. The van der Waals surface area contributed by atoms with Gasteiger partial charge in [0, 0.05) is 11.4 Å². The number of nitrogens with one attached hydrogen (secondary N) is 1. The van der Waals surface area contributed by atoms with Gasteiger partial charge < -0.3 is 15.3 Å². The number of carboxylic acid groups (broad SMARTS) is 1. The Bertz CT molecular complexity index is 515. The molecule has 116 valence electrons. The van der Waals surface area contributed by atoms with Gasteiger partial charge in [-0.05, 0) is 42.7 Å². The van der Waals surface area contributed by atoms with Crippen LogP contribution in [-0.2, 0) is 11.3 Å². The predicted molar refractivity (Wildman–Crippen MR) is 82.4 cm³/mol. The van der Waals surface area contributed by atoms with Crippen molar-refractivity contribution in [1.29, 1.82) is 0 Å². The van der Waals surface area contributed by atoms with Gasteiger partial charge in [0.25, 0.3) is 0 Å². The standard InChI is InChI=1S/C15H22N2O3S/c1-3-11-4-6-17(12(8-11)14(18)19)15(20)16-9-13-10(2)5-7-21-13/h5,7,11-12H,3-4,6,8-9H2,1-2H3,(H,16,20)(H,18,19). The van der Waals surface area contributed by atoms with Crippen LogP contribution in [0, 0.1) is 12.8 Å². The van der Waals surface area contributed by atoms with E-state index in [1.807, 2.05) is 18.4 Å². The first kappa shape index (κ1) is 15.8. The Kier molecular flexibility index (Phi) is 5.22. The summed E-state index contributed by atoms with van der Waals surface area (Å²) in [5.74, 6) is -0.509. The zero-order valence-corrected chi connectivity index (χ0v) is 13.3. The van der Waals surface area contributed by atoms with E-state index < -0.39 is 12.0 Å². The number of aliphatic carboxylic acids is 1. The molecule has 0 spiro atoms. The summed E-state index contributed by atoms with van der Waals surface area (Å²) in [5.41, 5.74) is 1.15. The summed E-state index contributed by atoms with van der Waals surface area (Å²) >= 11 is 1.60. The molecule has 0 bridgehead atoms. The minimum absolute atomic E-state index is 0.273. The van der Waals surface area contributed by atoms with Gasteiger partial charge in [0.15, 0.2) is 0 Å². The maximum Gasteiger partial charge on any atom is 0.326 e. The second kappa shape index (κ2) is 6.93. The highest BCUT2D eigenvalue weighted by atomic mass is 32.1. The third kappa shape index (κ3) is 3.75. The van der Waals surface area contributed by atoms with Crippen LogP contribution in [0.25, 0.3) is 0 Å². The molecule has 0 saturated carbocycles. The summed E-state index contributed by atoms with van der Waals surface area (Å²) in [6.07, 6.45) is 2.40. The number of carbonyl (C=O) groups excluding carboxylic acids is 1. The third-order valence-electron chi connectivity index (χ3n) is 4.20. The zero-order valence-electron chi connectivity index (χ0n) is 12.5. The van der Waals surface area contributed by atoms with Gasteiger partial charge in [-0.3, -0.25) is 0 Å². The largest absolute Gasteiger partial charge is 0.480 e. The Balaban J connectivity index is 1.97. The van der Waals surface area contributed by atoms with Crippen molar-refractivity contribution < 1.29 is 14.7 Å². The second-order valence-electron chi connectivity index (χ2n) is 5.53. The number of amides is 2. The number of carbonyl (C=O) groups is 2. The molecule has 1 aliphatic heterocycles. The number of hydrogen-bond donors (Lipinski definition) is 2. The molecular formula is C15H22N2O3S. The van der Waals surface area contributed by atoms with Gasteiger partial charge in [0.1, 0.15) is 6.04 Å². The SMILES string of the molecule is CCC1CCN(C(=O)NCc2sccc2C)C(C(=O)O)C1. The van der Waals surface area contributed by atoms with E-state index in [0.29, 0.717) is 25.4 Å². The fraction of sp³-hybridized carbons (Fsp3) is 0.600. The molecule has 2 amide bonds. The monoisotopic (exact) mass is 310 g/mol. The molecule has 1 saturated heterocycles. The van der Waals surface area contributed by atoms with Gasteiger partial charge in [-0.25, -0.2) is 9.59 Å². The first-order valence-electron chi connectivity index (χ1n) is 7.33. The number of likely N-dealkylation sites (tertiary alicyclic amines) is 1. The lowest BCUT2D eigenvalue weighted by Gasteiger charge is -2.36. The Morgan fingerprint density at radius 2 is 2.29 bits per heavy atom. The van der Waals surface area contributed by atoms with Crippen molar-refractivity contribution in [1.82, 2.24) is 10.2 Å². The van der Waals surface area contributed by atoms with Crippen LogP contribution in [0.2, 0.25) is 0 Å². The van der Waals surface area contributed by atoms with E-state index in [2.05, 4.69) is 12.2 Å². The van der Waals surface area contributed by atoms with Crippen molar-refractivity contribution in [3.63, 3.8) is 0 Å². The Morgan fingerprint density at radius 1 is 1.52 bits per heavy atom. The summed E-state index contributed by atoms with van der Waals surface area (Å²) in [7, 11) is 0. The van der Waals surface area contributed by atoms with Crippen molar-refractivity contribution >= 4 is 23.3 Å². The molecule has 1 aromatic heterocycles. The molecule has 1 fully saturated rings. The van der Waals surface area contributed by atoms with E-state index in [1.54, 1.807) is 11.3 Å². The first-order valence-corrected chi connectivity index (χ1v) is 8.21. The fourth-order valence-electron chi connectivity index (χ4n) is 2.73. The second-order valence-corrected chi connectivity index (χ2v) is 6.53. The highest BCUT2D eigenvalue weighted by molar-refractivity contribution is 7.10. The average molecular weight is 310 g/mol. The molecule has 21 heavy (non-hydrogen) atoms. The first-order chi connectivity index (χ1) is 10.0. The summed E-state index contributed by atoms with van der Waals surface area (Å²) in [6, 6.07) is 1.04. The van der Waals surface area contributed by atoms with Crippen molar-refractivity contribution in [3.05, 3.63) is 21.9 Å². The number of rotatable bonds is 4. The van der Waals surface area contributed by atoms with E-state index in [9.17, 15) is 14.7 Å². The fourth-order valence-corrected chi connectivity index (χ4v) is 3.57. The normalized spacial score (nSPS) is 22.1. The van der Waals surface area contributed by atoms with Crippen LogP contribution in [0.15, 0.2) is 11.4 Å². The predicted octanol–water partition coefficient (Wildman–Crippen LogP) is 2.84. The van der Waals surface area contributed by atoms with Crippen molar-refractivity contribution in [2.24, 2.45) is 5.92 Å². The molecule has 2 N–H and O–H groups in total.